The summed E-state index contributed by atoms with van der Waals surface area (Å²) in [6.07, 6.45) is 0. The van der Waals surface area contributed by atoms with E-state index >= 15 is 0 Å². The van der Waals surface area contributed by atoms with Crippen LogP contribution in [0, 0.1) is 19.3 Å². The van der Waals surface area contributed by atoms with Crippen LogP contribution >= 0.6 is 23.7 Å². The number of nitrogens with two attached hydrogens (primary N) is 1. The average Bonchev–Trinajstić information content (AvgIpc) is 2.45. The molecule has 92 valence electrons. The maximum Gasteiger partial charge on any atom is 0.231 e. The zero-order chi connectivity index (χ0) is 11.6. The lowest BCUT2D eigenvalue weighted by Gasteiger charge is -2.20. The van der Waals surface area contributed by atoms with E-state index in [9.17, 15) is 4.79 Å². The van der Waals surface area contributed by atoms with Gasteiger partial charge in [0.1, 0.15) is 5.00 Å². The first-order valence-corrected chi connectivity index (χ1v) is 5.64. The Morgan fingerprint density at radius 3 is 2.44 bits per heavy atom. The van der Waals surface area contributed by atoms with E-state index < -0.39 is 5.41 Å². The van der Waals surface area contributed by atoms with Crippen molar-refractivity contribution in [3.63, 3.8) is 0 Å². The molecule has 0 bridgehead atoms. The van der Waals surface area contributed by atoms with Gasteiger partial charge in [-0.25, -0.2) is 4.98 Å². The molecule has 4 nitrogen and oxygen atoms in total. The van der Waals surface area contributed by atoms with Crippen molar-refractivity contribution >= 4 is 34.7 Å². The molecule has 0 aliphatic heterocycles. The first kappa shape index (κ1) is 15.3. The molecule has 0 aliphatic rings. The van der Waals surface area contributed by atoms with Crippen LogP contribution in [0.2, 0.25) is 0 Å². The van der Waals surface area contributed by atoms with Crippen molar-refractivity contribution in [3.8, 4) is 0 Å². The van der Waals surface area contributed by atoms with E-state index in [1.54, 1.807) is 0 Å². The number of rotatable bonds is 3. The standard InChI is InChI=1S/C10H17N3OS.ClH/c1-6-8(15-7(2)12-6)13-9(14)10(3,4)5-11;/h5,11H2,1-4H3,(H,13,14);1H. The normalized spacial score (nSPS) is 10.8. The van der Waals surface area contributed by atoms with Crippen molar-refractivity contribution in [1.29, 1.82) is 0 Å². The van der Waals surface area contributed by atoms with E-state index in [0.717, 1.165) is 15.7 Å². The van der Waals surface area contributed by atoms with Gasteiger partial charge < -0.3 is 11.1 Å². The Kier molecular flexibility index (Phi) is 5.38. The van der Waals surface area contributed by atoms with Crippen molar-refractivity contribution in [3.05, 3.63) is 10.7 Å². The number of halogens is 1. The number of aryl methyl sites for hydroxylation is 2. The summed E-state index contributed by atoms with van der Waals surface area (Å²) < 4.78 is 0. The van der Waals surface area contributed by atoms with Gasteiger partial charge in [-0.05, 0) is 27.7 Å². The molecule has 6 heteroatoms. The van der Waals surface area contributed by atoms with Crippen molar-refractivity contribution in [2.24, 2.45) is 11.1 Å². The first-order valence-electron chi connectivity index (χ1n) is 4.82. The van der Waals surface area contributed by atoms with Crippen LogP contribution in [0.4, 0.5) is 5.00 Å². The molecule has 0 saturated carbocycles. The number of aromatic nitrogens is 1. The van der Waals surface area contributed by atoms with Gasteiger partial charge in [0, 0.05) is 6.54 Å². The number of hydrogen-bond acceptors (Lipinski definition) is 4. The van der Waals surface area contributed by atoms with Gasteiger partial charge in [0.15, 0.2) is 0 Å². The largest absolute Gasteiger partial charge is 0.329 e. The molecule has 1 heterocycles. The van der Waals surface area contributed by atoms with Crippen LogP contribution in [0.5, 0.6) is 0 Å². The minimum atomic E-state index is -0.537. The number of thiazole rings is 1. The smallest absolute Gasteiger partial charge is 0.231 e. The molecular weight excluding hydrogens is 246 g/mol. The summed E-state index contributed by atoms with van der Waals surface area (Å²) in [7, 11) is 0. The number of carbonyl (C=O) groups is 1. The van der Waals surface area contributed by atoms with Crippen LogP contribution in [0.25, 0.3) is 0 Å². The molecule has 0 spiro atoms. The van der Waals surface area contributed by atoms with Gasteiger partial charge in [0.25, 0.3) is 0 Å². The van der Waals surface area contributed by atoms with Crippen molar-refractivity contribution in [2.75, 3.05) is 11.9 Å². The minimum Gasteiger partial charge on any atom is -0.329 e. The van der Waals surface area contributed by atoms with Gasteiger partial charge in [-0.1, -0.05) is 0 Å². The second-order valence-electron chi connectivity index (χ2n) is 4.19. The molecule has 1 rings (SSSR count). The van der Waals surface area contributed by atoms with Gasteiger partial charge in [-0.2, -0.15) is 0 Å². The van der Waals surface area contributed by atoms with E-state index in [2.05, 4.69) is 10.3 Å². The fraction of sp³-hybridized carbons (Fsp3) is 0.600. The molecule has 3 N–H and O–H groups in total. The van der Waals surface area contributed by atoms with Crippen molar-refractivity contribution in [2.45, 2.75) is 27.7 Å². The van der Waals surface area contributed by atoms with Gasteiger partial charge in [-0.3, -0.25) is 4.79 Å². The third kappa shape index (κ3) is 3.43. The lowest BCUT2D eigenvalue weighted by molar-refractivity contribution is -0.123. The molecular formula is C10H18ClN3OS. The van der Waals surface area contributed by atoms with Crippen molar-refractivity contribution in [1.82, 2.24) is 4.98 Å². The number of carbonyl (C=O) groups excluding carboxylic acids is 1. The molecule has 16 heavy (non-hydrogen) atoms. The second-order valence-corrected chi connectivity index (χ2v) is 5.39. The summed E-state index contributed by atoms with van der Waals surface area (Å²) in [5, 5.41) is 4.63. The third-order valence-corrected chi connectivity index (χ3v) is 3.24. The molecule has 1 amide bonds. The van der Waals surface area contributed by atoms with E-state index in [1.807, 2.05) is 27.7 Å². The topological polar surface area (TPSA) is 68.0 Å². The van der Waals surface area contributed by atoms with E-state index in [4.69, 9.17) is 5.73 Å². The molecule has 0 atom stereocenters. The highest BCUT2D eigenvalue weighted by Crippen LogP contribution is 2.25. The summed E-state index contributed by atoms with van der Waals surface area (Å²) in [6.45, 7) is 7.78. The second kappa shape index (κ2) is 5.61. The Labute approximate surface area is 106 Å². The zero-order valence-electron chi connectivity index (χ0n) is 9.96. The summed E-state index contributed by atoms with van der Waals surface area (Å²) in [4.78, 5) is 16.1. The maximum absolute atomic E-state index is 11.8. The Balaban J connectivity index is 0.00000225. The summed E-state index contributed by atoms with van der Waals surface area (Å²) in [6, 6.07) is 0. The third-order valence-electron chi connectivity index (χ3n) is 2.26. The predicted molar refractivity (Wildman–Crippen MR) is 70.3 cm³/mol. The van der Waals surface area contributed by atoms with E-state index in [0.29, 0.717) is 6.54 Å². The summed E-state index contributed by atoms with van der Waals surface area (Å²) >= 11 is 1.49. The highest BCUT2D eigenvalue weighted by Gasteiger charge is 2.26. The number of hydrogen-bond donors (Lipinski definition) is 2. The molecule has 0 fully saturated rings. The minimum absolute atomic E-state index is 0. The SMILES string of the molecule is Cc1nc(C)c(NC(=O)C(C)(C)CN)s1.Cl. The highest BCUT2D eigenvalue weighted by atomic mass is 35.5. The quantitative estimate of drug-likeness (QED) is 0.878. The number of nitrogens with zero attached hydrogens (tertiary/aromatic N) is 1. The molecule has 0 unspecified atom stereocenters. The highest BCUT2D eigenvalue weighted by molar-refractivity contribution is 7.16. The van der Waals surface area contributed by atoms with Gasteiger partial charge in [0.2, 0.25) is 5.91 Å². The van der Waals surface area contributed by atoms with E-state index in [-0.39, 0.29) is 18.3 Å². The number of nitrogens with one attached hydrogen (secondary N) is 1. The summed E-state index contributed by atoms with van der Waals surface area (Å²) in [5.41, 5.74) is 5.85. The van der Waals surface area contributed by atoms with Crippen LogP contribution in [-0.4, -0.2) is 17.4 Å². The molecule has 1 aromatic heterocycles. The van der Waals surface area contributed by atoms with Crippen LogP contribution in [-0.2, 0) is 4.79 Å². The number of amides is 1. The maximum atomic E-state index is 11.8. The predicted octanol–water partition coefficient (Wildman–Crippen LogP) is 2.11. The lowest BCUT2D eigenvalue weighted by atomic mass is 9.93. The van der Waals surface area contributed by atoms with Crippen LogP contribution in [0.3, 0.4) is 0 Å². The summed E-state index contributed by atoms with van der Waals surface area (Å²) in [5.74, 6) is -0.0586. The van der Waals surface area contributed by atoms with Gasteiger partial charge >= 0.3 is 0 Å². The number of anilines is 1. The average molecular weight is 264 g/mol. The first-order chi connectivity index (χ1) is 6.86. The molecule has 0 aromatic carbocycles. The molecule has 0 aliphatic carbocycles. The Hall–Kier alpha value is -0.650. The Bertz CT molecular complexity index is 376. The van der Waals surface area contributed by atoms with Crippen LogP contribution in [0.15, 0.2) is 0 Å². The Morgan fingerprint density at radius 2 is 2.06 bits per heavy atom. The molecule has 0 radical (unpaired) electrons. The fourth-order valence-corrected chi connectivity index (χ4v) is 1.83. The van der Waals surface area contributed by atoms with Crippen molar-refractivity contribution < 1.29 is 4.79 Å². The van der Waals surface area contributed by atoms with Gasteiger partial charge in [-0.15, -0.1) is 23.7 Å². The zero-order valence-corrected chi connectivity index (χ0v) is 11.6. The van der Waals surface area contributed by atoms with Gasteiger partial charge in [0.05, 0.1) is 16.1 Å². The Morgan fingerprint density at radius 1 is 1.50 bits per heavy atom. The van der Waals surface area contributed by atoms with Crippen LogP contribution < -0.4 is 11.1 Å². The molecule has 0 saturated heterocycles. The monoisotopic (exact) mass is 263 g/mol. The molecule has 1 aromatic rings. The van der Waals surface area contributed by atoms with Crippen LogP contribution in [0.1, 0.15) is 24.5 Å². The fourth-order valence-electron chi connectivity index (χ4n) is 1.01. The van der Waals surface area contributed by atoms with E-state index in [1.165, 1.54) is 11.3 Å². The lowest BCUT2D eigenvalue weighted by Crippen LogP contribution is -2.37.